The van der Waals surface area contributed by atoms with Crippen LogP contribution in [0.3, 0.4) is 0 Å². The molecule has 342 valence electrons. The molecule has 0 aromatic heterocycles. The van der Waals surface area contributed by atoms with Gasteiger partial charge in [-0.05, 0) is 44.9 Å². The molecule has 0 amide bonds. The zero-order chi connectivity index (χ0) is 42.3. The van der Waals surface area contributed by atoms with Crippen molar-refractivity contribution in [3.63, 3.8) is 0 Å². The van der Waals surface area contributed by atoms with Crippen molar-refractivity contribution in [3.05, 3.63) is 12.2 Å². The molecular formula is C52H98O6. The molecule has 0 aliphatic carbocycles. The lowest BCUT2D eigenvalue weighted by Crippen LogP contribution is -2.30. The molecule has 0 N–H and O–H groups in total. The van der Waals surface area contributed by atoms with E-state index in [0.717, 1.165) is 57.8 Å². The number of unbranched alkanes of at least 4 members (excludes halogenated alkanes) is 34. The molecule has 0 aromatic rings. The van der Waals surface area contributed by atoms with Crippen molar-refractivity contribution < 1.29 is 28.6 Å². The molecule has 0 fully saturated rings. The Kier molecular flexibility index (Phi) is 46.3. The number of ether oxygens (including phenoxy) is 3. The van der Waals surface area contributed by atoms with Crippen LogP contribution in [0, 0.1) is 0 Å². The van der Waals surface area contributed by atoms with Crippen molar-refractivity contribution in [2.45, 2.75) is 290 Å². The third-order valence-electron chi connectivity index (χ3n) is 11.5. The fraction of sp³-hybridized carbons (Fsp3) is 0.904. The summed E-state index contributed by atoms with van der Waals surface area (Å²) in [6, 6.07) is 0. The van der Waals surface area contributed by atoms with E-state index in [4.69, 9.17) is 14.2 Å². The molecule has 1 atom stereocenters. The number of hydrogen-bond acceptors (Lipinski definition) is 6. The van der Waals surface area contributed by atoms with Crippen molar-refractivity contribution in [2.75, 3.05) is 13.2 Å². The van der Waals surface area contributed by atoms with Gasteiger partial charge in [0.2, 0.25) is 0 Å². The third-order valence-corrected chi connectivity index (χ3v) is 11.5. The molecule has 0 saturated heterocycles. The lowest BCUT2D eigenvalue weighted by Gasteiger charge is -2.18. The zero-order valence-corrected chi connectivity index (χ0v) is 39.1. The second kappa shape index (κ2) is 47.8. The van der Waals surface area contributed by atoms with Gasteiger partial charge >= 0.3 is 17.9 Å². The fourth-order valence-electron chi connectivity index (χ4n) is 7.61. The van der Waals surface area contributed by atoms with Gasteiger partial charge in [-0.2, -0.15) is 0 Å². The number of esters is 3. The van der Waals surface area contributed by atoms with E-state index in [1.54, 1.807) is 0 Å². The molecule has 0 aliphatic heterocycles. The standard InChI is InChI=1S/C52H98O6/c1-4-7-10-13-16-19-21-23-24-25-26-27-28-30-31-33-36-39-42-45-51(54)57-48-49(47-56-50(53)44-41-38-35-18-15-12-9-6-3)58-52(55)46-43-40-37-34-32-29-22-20-17-14-11-8-5-2/h23-24,49H,4-22,25-48H2,1-3H3/b24-23-. The molecular weight excluding hydrogens is 721 g/mol. The van der Waals surface area contributed by atoms with E-state index in [1.165, 1.54) is 186 Å². The fourth-order valence-corrected chi connectivity index (χ4v) is 7.61. The van der Waals surface area contributed by atoms with E-state index in [9.17, 15) is 14.4 Å². The second-order valence-electron chi connectivity index (χ2n) is 17.4. The van der Waals surface area contributed by atoms with Crippen molar-refractivity contribution >= 4 is 17.9 Å². The first kappa shape index (κ1) is 56.1. The van der Waals surface area contributed by atoms with E-state index in [2.05, 4.69) is 32.9 Å². The number of carbonyl (C=O) groups is 3. The van der Waals surface area contributed by atoms with Crippen molar-refractivity contribution in [2.24, 2.45) is 0 Å². The van der Waals surface area contributed by atoms with Crippen LogP contribution in [-0.2, 0) is 28.6 Å². The van der Waals surface area contributed by atoms with Gasteiger partial charge in [-0.1, -0.05) is 232 Å². The van der Waals surface area contributed by atoms with Crippen LogP contribution in [0.15, 0.2) is 12.2 Å². The van der Waals surface area contributed by atoms with Crippen molar-refractivity contribution in [3.8, 4) is 0 Å². The molecule has 0 saturated carbocycles. The average molecular weight is 819 g/mol. The van der Waals surface area contributed by atoms with Gasteiger partial charge in [-0.25, -0.2) is 0 Å². The summed E-state index contributed by atoms with van der Waals surface area (Å²) in [6.45, 7) is 6.63. The molecule has 0 aromatic carbocycles. The maximum atomic E-state index is 12.7. The minimum absolute atomic E-state index is 0.0660. The molecule has 6 nitrogen and oxygen atoms in total. The Labute approximate surface area is 360 Å². The maximum Gasteiger partial charge on any atom is 0.306 e. The highest BCUT2D eigenvalue weighted by Gasteiger charge is 2.19. The summed E-state index contributed by atoms with van der Waals surface area (Å²) in [5, 5.41) is 0. The molecule has 0 radical (unpaired) electrons. The topological polar surface area (TPSA) is 78.9 Å². The number of rotatable bonds is 47. The molecule has 1 unspecified atom stereocenters. The zero-order valence-electron chi connectivity index (χ0n) is 39.1. The molecule has 0 bridgehead atoms. The highest BCUT2D eigenvalue weighted by molar-refractivity contribution is 5.71. The van der Waals surface area contributed by atoms with Gasteiger partial charge in [-0.15, -0.1) is 0 Å². The van der Waals surface area contributed by atoms with Gasteiger partial charge in [0.05, 0.1) is 0 Å². The Morgan fingerprint density at radius 2 is 0.569 bits per heavy atom. The summed E-state index contributed by atoms with van der Waals surface area (Å²) in [7, 11) is 0. The second-order valence-corrected chi connectivity index (χ2v) is 17.4. The maximum absolute atomic E-state index is 12.7. The van der Waals surface area contributed by atoms with E-state index < -0.39 is 6.10 Å². The highest BCUT2D eigenvalue weighted by atomic mass is 16.6. The third kappa shape index (κ3) is 45.2. The SMILES string of the molecule is CCCCCCCC/C=C\CCCCCCCCCCCC(=O)OCC(COC(=O)CCCCCCCCCC)OC(=O)CCCCCCCCCCCCCCC. The van der Waals surface area contributed by atoms with E-state index in [-0.39, 0.29) is 31.1 Å². The Morgan fingerprint density at radius 3 is 0.862 bits per heavy atom. The van der Waals surface area contributed by atoms with Gasteiger partial charge in [-0.3, -0.25) is 14.4 Å². The van der Waals surface area contributed by atoms with Crippen LogP contribution < -0.4 is 0 Å². The minimum atomic E-state index is -0.762. The summed E-state index contributed by atoms with van der Waals surface area (Å²) in [4.78, 5) is 37.8. The monoisotopic (exact) mass is 819 g/mol. The average Bonchev–Trinajstić information content (AvgIpc) is 3.22. The van der Waals surface area contributed by atoms with Crippen LogP contribution in [0.2, 0.25) is 0 Å². The van der Waals surface area contributed by atoms with Crippen LogP contribution >= 0.6 is 0 Å². The first-order valence-electron chi connectivity index (χ1n) is 25.7. The first-order valence-corrected chi connectivity index (χ1v) is 25.7. The van der Waals surface area contributed by atoms with Crippen LogP contribution in [0.1, 0.15) is 284 Å². The lowest BCUT2D eigenvalue weighted by molar-refractivity contribution is -0.167. The summed E-state index contributed by atoms with van der Waals surface area (Å²) in [5.74, 6) is -0.858. The largest absolute Gasteiger partial charge is 0.462 e. The van der Waals surface area contributed by atoms with Gasteiger partial charge in [0.15, 0.2) is 6.10 Å². The predicted molar refractivity (Wildman–Crippen MR) is 247 cm³/mol. The van der Waals surface area contributed by atoms with Crippen molar-refractivity contribution in [1.29, 1.82) is 0 Å². The summed E-state index contributed by atoms with van der Waals surface area (Å²) in [5.41, 5.74) is 0. The minimum Gasteiger partial charge on any atom is -0.462 e. The van der Waals surface area contributed by atoms with E-state index >= 15 is 0 Å². The van der Waals surface area contributed by atoms with Crippen LogP contribution in [-0.4, -0.2) is 37.2 Å². The number of hydrogen-bond donors (Lipinski definition) is 0. The van der Waals surface area contributed by atoms with Gasteiger partial charge in [0.25, 0.3) is 0 Å². The quantitative estimate of drug-likeness (QED) is 0.0263. The van der Waals surface area contributed by atoms with E-state index in [0.29, 0.717) is 19.3 Å². The smallest absolute Gasteiger partial charge is 0.306 e. The summed E-state index contributed by atoms with van der Waals surface area (Å²) >= 11 is 0. The Bertz CT molecular complexity index is 900. The van der Waals surface area contributed by atoms with Crippen LogP contribution in [0.4, 0.5) is 0 Å². The molecule has 0 rings (SSSR count). The van der Waals surface area contributed by atoms with Gasteiger partial charge in [0, 0.05) is 19.3 Å². The van der Waals surface area contributed by atoms with Crippen molar-refractivity contribution in [1.82, 2.24) is 0 Å². The Balaban J connectivity index is 4.22. The number of carbonyl (C=O) groups excluding carboxylic acids is 3. The highest BCUT2D eigenvalue weighted by Crippen LogP contribution is 2.16. The molecule has 0 heterocycles. The molecule has 6 heteroatoms. The first-order chi connectivity index (χ1) is 28.5. The van der Waals surface area contributed by atoms with Crippen LogP contribution in [0.5, 0.6) is 0 Å². The Hall–Kier alpha value is -1.85. The number of allylic oxidation sites excluding steroid dienone is 2. The lowest BCUT2D eigenvalue weighted by atomic mass is 10.0. The van der Waals surface area contributed by atoms with E-state index in [1.807, 2.05) is 0 Å². The molecule has 0 aliphatic rings. The molecule has 0 spiro atoms. The van der Waals surface area contributed by atoms with Crippen LogP contribution in [0.25, 0.3) is 0 Å². The van der Waals surface area contributed by atoms with Gasteiger partial charge < -0.3 is 14.2 Å². The molecule has 58 heavy (non-hydrogen) atoms. The Morgan fingerprint density at radius 1 is 0.328 bits per heavy atom. The summed E-state index contributed by atoms with van der Waals surface area (Å²) < 4.78 is 16.7. The van der Waals surface area contributed by atoms with Gasteiger partial charge in [0.1, 0.15) is 13.2 Å². The normalized spacial score (nSPS) is 12.0. The predicted octanol–water partition coefficient (Wildman–Crippen LogP) is 16.6. The summed E-state index contributed by atoms with van der Waals surface area (Å²) in [6.07, 6.45) is 52.0.